The Bertz CT molecular complexity index is 1300. The number of anilines is 2. The number of benzene rings is 2. The van der Waals surface area contributed by atoms with E-state index in [0.29, 0.717) is 5.69 Å². The molecule has 0 radical (unpaired) electrons. The summed E-state index contributed by atoms with van der Waals surface area (Å²) < 4.78 is 41.0. The molecule has 0 saturated heterocycles. The maximum Gasteiger partial charge on any atom is 0.418 e. The highest BCUT2D eigenvalue weighted by Gasteiger charge is 2.33. The van der Waals surface area contributed by atoms with Crippen molar-refractivity contribution in [1.29, 1.82) is 5.26 Å². The van der Waals surface area contributed by atoms with Crippen molar-refractivity contribution in [1.82, 2.24) is 14.2 Å². The third kappa shape index (κ3) is 3.48. The lowest BCUT2D eigenvalue weighted by Crippen LogP contribution is -2.16. The number of para-hydroxylation sites is 2. The Hall–Kier alpha value is -3.58. The lowest BCUT2D eigenvalue weighted by atomic mass is 10.1. The average Bonchev–Trinajstić information content (AvgIpc) is 3.23. The summed E-state index contributed by atoms with van der Waals surface area (Å²) in [6.45, 7) is 0.112. The Morgan fingerprint density at radius 3 is 2.66 bits per heavy atom. The molecular weight excluding hydrogens is 403 g/mol. The second-order valence-corrected chi connectivity index (χ2v) is 7.17. The lowest BCUT2D eigenvalue weighted by Gasteiger charge is -2.13. The summed E-state index contributed by atoms with van der Waals surface area (Å²) in [5.74, 6) is 0. The Morgan fingerprint density at radius 2 is 1.90 bits per heavy atom. The molecule has 0 fully saturated rings. The van der Waals surface area contributed by atoms with Crippen molar-refractivity contribution in [3.63, 3.8) is 0 Å². The van der Waals surface area contributed by atoms with E-state index < -0.39 is 17.3 Å². The molecule has 0 saturated carbocycles. The fourth-order valence-corrected chi connectivity index (χ4v) is 3.92. The first-order chi connectivity index (χ1) is 13.9. The molecule has 0 spiro atoms. The number of alkyl halides is 3. The third-order valence-corrected chi connectivity index (χ3v) is 5.31. The predicted molar refractivity (Wildman–Crippen MR) is 103 cm³/mol. The largest absolute Gasteiger partial charge is 0.418 e. The predicted octanol–water partition coefficient (Wildman–Crippen LogP) is 4.47. The zero-order valence-electron chi connectivity index (χ0n) is 14.6. The van der Waals surface area contributed by atoms with Crippen LogP contribution in [-0.4, -0.2) is 14.2 Å². The summed E-state index contributed by atoms with van der Waals surface area (Å²) >= 11 is 0.887. The number of hydrogen-bond acceptors (Lipinski definition) is 5. The van der Waals surface area contributed by atoms with Gasteiger partial charge in [0.2, 0.25) is 0 Å². The van der Waals surface area contributed by atoms with Gasteiger partial charge in [-0.05, 0) is 29.7 Å². The Labute approximate surface area is 166 Å². The van der Waals surface area contributed by atoms with E-state index >= 15 is 0 Å². The van der Waals surface area contributed by atoms with Crippen LogP contribution < -0.4 is 10.9 Å². The van der Waals surface area contributed by atoms with Crippen molar-refractivity contribution in [2.24, 2.45) is 0 Å². The van der Waals surface area contributed by atoms with Crippen LogP contribution in [0.3, 0.4) is 0 Å². The molecule has 2 aromatic carbocycles. The first kappa shape index (κ1) is 18.8. The molecule has 0 unspecified atom stereocenters. The molecule has 10 heteroatoms. The molecule has 0 atom stereocenters. The summed E-state index contributed by atoms with van der Waals surface area (Å²) in [6, 6.07) is 14.0. The quantitative estimate of drug-likeness (QED) is 0.515. The van der Waals surface area contributed by atoms with E-state index in [0.717, 1.165) is 28.5 Å². The fourth-order valence-electron chi connectivity index (χ4n) is 2.95. The maximum atomic E-state index is 13.2. The Kier molecular flexibility index (Phi) is 4.60. The number of aromatic nitrogens is 3. The normalized spacial score (nSPS) is 11.5. The number of hydrogen-bond donors (Lipinski definition) is 2. The van der Waals surface area contributed by atoms with Crippen LogP contribution in [-0.2, 0) is 12.7 Å². The molecule has 2 heterocycles. The first-order valence-corrected chi connectivity index (χ1v) is 9.15. The van der Waals surface area contributed by atoms with Gasteiger partial charge in [0.05, 0.1) is 29.0 Å². The number of rotatable bonds is 4. The van der Waals surface area contributed by atoms with Crippen LogP contribution in [0, 0.1) is 11.3 Å². The van der Waals surface area contributed by atoms with Gasteiger partial charge in [-0.25, -0.2) is 0 Å². The van der Waals surface area contributed by atoms with Gasteiger partial charge in [0.1, 0.15) is 11.1 Å². The molecule has 2 N–H and O–H groups in total. The van der Waals surface area contributed by atoms with E-state index in [9.17, 15) is 23.2 Å². The zero-order valence-corrected chi connectivity index (χ0v) is 15.4. The van der Waals surface area contributed by atoms with Crippen molar-refractivity contribution in [2.45, 2.75) is 12.7 Å². The van der Waals surface area contributed by atoms with E-state index in [4.69, 9.17) is 0 Å². The van der Waals surface area contributed by atoms with Gasteiger partial charge in [0.15, 0.2) is 5.56 Å². The SMILES string of the molecule is N#Cc1c(Nc2ccccc2C(F)(F)F)sn(Cc2[nH]nc3ccccc23)c1=O. The molecule has 4 aromatic rings. The molecule has 146 valence electrons. The highest BCUT2D eigenvalue weighted by atomic mass is 32.1. The third-order valence-electron chi connectivity index (χ3n) is 4.30. The summed E-state index contributed by atoms with van der Waals surface area (Å²) in [5.41, 5.74) is -0.535. The van der Waals surface area contributed by atoms with E-state index in [-0.39, 0.29) is 22.8 Å². The van der Waals surface area contributed by atoms with E-state index in [1.165, 1.54) is 22.2 Å². The Balaban J connectivity index is 1.72. The molecule has 6 nitrogen and oxygen atoms in total. The van der Waals surface area contributed by atoms with Gasteiger partial charge in [-0.1, -0.05) is 30.3 Å². The van der Waals surface area contributed by atoms with Gasteiger partial charge in [-0.3, -0.25) is 13.8 Å². The number of nitrogens with zero attached hydrogens (tertiary/aromatic N) is 3. The number of aromatic amines is 1. The summed E-state index contributed by atoms with van der Waals surface area (Å²) in [7, 11) is 0. The van der Waals surface area contributed by atoms with Crippen molar-refractivity contribution in [3.05, 3.63) is 75.7 Å². The highest BCUT2D eigenvalue weighted by Crippen LogP contribution is 2.37. The minimum absolute atomic E-state index is 0.0537. The molecule has 0 aliphatic carbocycles. The molecule has 4 rings (SSSR count). The van der Waals surface area contributed by atoms with Crippen molar-refractivity contribution in [3.8, 4) is 6.07 Å². The average molecular weight is 415 g/mol. The van der Waals surface area contributed by atoms with Crippen LogP contribution in [0.5, 0.6) is 0 Å². The minimum atomic E-state index is -4.57. The van der Waals surface area contributed by atoms with Crippen LogP contribution in [0.25, 0.3) is 10.9 Å². The second-order valence-electron chi connectivity index (χ2n) is 6.14. The molecule has 0 aliphatic heterocycles. The second kappa shape index (κ2) is 7.10. The first-order valence-electron chi connectivity index (χ1n) is 8.38. The van der Waals surface area contributed by atoms with Gasteiger partial charge in [0.25, 0.3) is 5.56 Å². The maximum absolute atomic E-state index is 13.2. The van der Waals surface area contributed by atoms with Crippen LogP contribution in [0.15, 0.2) is 53.3 Å². The summed E-state index contributed by atoms with van der Waals surface area (Å²) in [5, 5.41) is 19.9. The summed E-state index contributed by atoms with van der Waals surface area (Å²) in [4.78, 5) is 12.6. The molecule has 0 bridgehead atoms. The summed E-state index contributed by atoms with van der Waals surface area (Å²) in [6.07, 6.45) is -4.57. The van der Waals surface area contributed by atoms with Crippen LogP contribution in [0.4, 0.5) is 23.9 Å². The highest BCUT2D eigenvalue weighted by molar-refractivity contribution is 7.11. The molecular formula is C19H12F3N5OS. The number of fused-ring (bicyclic) bond motifs is 1. The number of nitriles is 1. The van der Waals surface area contributed by atoms with Gasteiger partial charge in [-0.15, -0.1) is 0 Å². The van der Waals surface area contributed by atoms with Gasteiger partial charge >= 0.3 is 6.18 Å². The van der Waals surface area contributed by atoms with E-state index in [1.54, 1.807) is 6.07 Å². The van der Waals surface area contributed by atoms with Gasteiger partial charge in [-0.2, -0.15) is 23.5 Å². The van der Waals surface area contributed by atoms with Crippen LogP contribution in [0.2, 0.25) is 0 Å². The smallest absolute Gasteiger partial charge is 0.344 e. The fraction of sp³-hybridized carbons (Fsp3) is 0.105. The minimum Gasteiger partial charge on any atom is -0.344 e. The Morgan fingerprint density at radius 1 is 1.17 bits per heavy atom. The molecule has 29 heavy (non-hydrogen) atoms. The number of halogens is 3. The van der Waals surface area contributed by atoms with E-state index in [1.807, 2.05) is 24.3 Å². The zero-order chi connectivity index (χ0) is 20.6. The van der Waals surface area contributed by atoms with Gasteiger partial charge < -0.3 is 5.32 Å². The number of nitrogens with one attached hydrogen (secondary N) is 2. The lowest BCUT2D eigenvalue weighted by molar-refractivity contribution is -0.136. The number of H-pyrrole nitrogens is 1. The van der Waals surface area contributed by atoms with Crippen molar-refractivity contribution in [2.75, 3.05) is 5.32 Å². The van der Waals surface area contributed by atoms with Crippen LogP contribution >= 0.6 is 11.5 Å². The molecule has 0 amide bonds. The standard InChI is InChI=1S/C19H12F3N5OS/c20-19(21,22)13-6-2-4-8-15(13)24-17-12(9-23)18(28)27(29-17)10-16-11-5-1-3-7-14(11)25-26-16/h1-8,24H,10H2,(H,25,26). The topological polar surface area (TPSA) is 86.5 Å². The van der Waals surface area contributed by atoms with Crippen molar-refractivity contribution >= 4 is 33.1 Å². The molecule has 0 aliphatic rings. The van der Waals surface area contributed by atoms with Crippen molar-refractivity contribution < 1.29 is 13.2 Å². The molecule has 2 aromatic heterocycles. The van der Waals surface area contributed by atoms with Crippen LogP contribution in [0.1, 0.15) is 16.8 Å². The van der Waals surface area contributed by atoms with E-state index in [2.05, 4.69) is 15.5 Å². The monoisotopic (exact) mass is 415 g/mol. The van der Waals surface area contributed by atoms with Gasteiger partial charge in [0, 0.05) is 5.39 Å².